The van der Waals surface area contributed by atoms with Gasteiger partial charge in [-0.2, -0.15) is 0 Å². The second kappa shape index (κ2) is 11.1. The monoisotopic (exact) mass is 710 g/mol. The second-order valence-corrected chi connectivity index (χ2v) is 10.9. The van der Waals surface area contributed by atoms with Crippen LogP contribution in [0.4, 0.5) is 0 Å². The lowest BCUT2D eigenvalue weighted by atomic mass is 9.95. The number of hydrogen-bond donors (Lipinski definition) is 0. The molecule has 0 aliphatic carbocycles. The Morgan fingerprint density at radius 2 is 2.03 bits per heavy atom. The maximum Gasteiger partial charge on any atom is 0.338 e. The Kier molecular flexibility index (Phi) is 8.13. The number of nitrogens with zero attached hydrogens (tertiary/aromatic N) is 2. The first kappa shape index (κ1) is 25.7. The Hall–Kier alpha value is -2.43. The summed E-state index contributed by atoms with van der Waals surface area (Å²) in [7, 11) is 1.34. The fraction of sp³-hybridized carbons (Fsp3) is 0.192. The summed E-state index contributed by atoms with van der Waals surface area (Å²) in [4.78, 5) is 31.9. The van der Waals surface area contributed by atoms with E-state index < -0.39 is 12.0 Å². The van der Waals surface area contributed by atoms with E-state index in [9.17, 15) is 9.59 Å². The number of carbonyl (C=O) groups is 1. The number of terminal acetylenes is 1. The molecule has 0 amide bonds. The van der Waals surface area contributed by atoms with E-state index in [0.29, 0.717) is 32.8 Å². The molecule has 2 heterocycles. The first-order valence-electron chi connectivity index (χ1n) is 10.6. The van der Waals surface area contributed by atoms with Crippen molar-refractivity contribution in [1.82, 2.24) is 4.57 Å². The van der Waals surface area contributed by atoms with Crippen LogP contribution in [0.5, 0.6) is 5.75 Å². The zero-order valence-corrected chi connectivity index (χ0v) is 24.0. The molecule has 178 valence electrons. The van der Waals surface area contributed by atoms with E-state index in [1.165, 1.54) is 18.4 Å². The van der Waals surface area contributed by atoms with Gasteiger partial charge in [0.25, 0.3) is 5.56 Å². The molecule has 4 rings (SSSR count). The molecule has 0 spiro atoms. The average Bonchev–Trinajstić information content (AvgIpc) is 3.16. The number of fused-ring (bicyclic) bond motifs is 1. The minimum absolute atomic E-state index is 0.120. The van der Waals surface area contributed by atoms with Crippen LogP contribution in [0.1, 0.15) is 30.5 Å². The molecule has 0 fully saturated rings. The average molecular weight is 710 g/mol. The maximum absolute atomic E-state index is 13.8. The summed E-state index contributed by atoms with van der Waals surface area (Å²) in [6.07, 6.45) is 7.73. The number of methoxy groups -OCH3 is 1. The Bertz CT molecular complexity index is 1550. The zero-order chi connectivity index (χ0) is 25.1. The minimum Gasteiger partial charge on any atom is -0.479 e. The Balaban J connectivity index is 2.00. The highest BCUT2D eigenvalue weighted by Gasteiger charge is 2.33. The number of allylic oxidation sites excluding steroid dienone is 1. The molecule has 1 aromatic heterocycles. The molecule has 0 saturated heterocycles. The molecule has 0 N–H and O–H groups in total. The maximum atomic E-state index is 13.8. The van der Waals surface area contributed by atoms with Crippen LogP contribution in [0.15, 0.2) is 63.5 Å². The summed E-state index contributed by atoms with van der Waals surface area (Å²) in [6.45, 7) is 2.05. The van der Waals surface area contributed by atoms with Gasteiger partial charge in [0.2, 0.25) is 0 Å². The van der Waals surface area contributed by atoms with Crippen LogP contribution in [0.25, 0.3) is 6.08 Å². The van der Waals surface area contributed by atoms with Gasteiger partial charge in [0, 0.05) is 9.13 Å². The van der Waals surface area contributed by atoms with E-state index in [2.05, 4.69) is 51.1 Å². The third kappa shape index (κ3) is 5.10. The normalized spacial score (nSPS) is 15.3. The van der Waals surface area contributed by atoms with E-state index in [1.807, 2.05) is 49.4 Å². The molecule has 3 aromatic rings. The fourth-order valence-corrected chi connectivity index (χ4v) is 6.97. The summed E-state index contributed by atoms with van der Waals surface area (Å²) in [6, 6.07) is 12.8. The van der Waals surface area contributed by atoms with Crippen LogP contribution in [0.2, 0.25) is 0 Å². The van der Waals surface area contributed by atoms with Crippen molar-refractivity contribution in [2.24, 2.45) is 4.99 Å². The van der Waals surface area contributed by atoms with Gasteiger partial charge in [-0.05, 0) is 75.4 Å². The van der Waals surface area contributed by atoms with Gasteiger partial charge in [0.1, 0.15) is 12.4 Å². The lowest BCUT2D eigenvalue weighted by molar-refractivity contribution is -0.136. The van der Waals surface area contributed by atoms with Crippen molar-refractivity contribution >= 4 is 68.6 Å². The predicted molar refractivity (Wildman–Crippen MR) is 153 cm³/mol. The molecular weight excluding hydrogens is 690 g/mol. The van der Waals surface area contributed by atoms with Gasteiger partial charge in [-0.25, -0.2) is 9.79 Å². The summed E-state index contributed by atoms with van der Waals surface area (Å²) < 4.78 is 14.9. The van der Waals surface area contributed by atoms with E-state index in [4.69, 9.17) is 20.9 Å². The molecule has 0 bridgehead atoms. The van der Waals surface area contributed by atoms with Gasteiger partial charge in [0.05, 0.1) is 32.5 Å². The largest absolute Gasteiger partial charge is 0.479 e. The lowest BCUT2D eigenvalue weighted by Gasteiger charge is -2.25. The molecule has 1 aliphatic rings. The van der Waals surface area contributed by atoms with E-state index >= 15 is 0 Å². The number of thiazole rings is 1. The number of hydrogen-bond acceptors (Lipinski definition) is 6. The summed E-state index contributed by atoms with van der Waals surface area (Å²) in [5, 5.41) is 0. The Morgan fingerprint density at radius 3 is 2.69 bits per heavy atom. The lowest BCUT2D eigenvalue weighted by Crippen LogP contribution is -2.40. The standard InChI is InChI=1S/C26H20I2N2O4S/c1-4-11-34-23-16(12-17(27)14-18(23)28)13-20-24(31)30-22(15-9-7-6-8-10-15)21(25(32)33-3)19(5-2)29-26(30)35-20/h1,6-10,12-14,22H,5,11H2,2-3H3/b20-13+/t22-/m1/s1. The highest BCUT2D eigenvalue weighted by Crippen LogP contribution is 2.32. The van der Waals surface area contributed by atoms with Crippen molar-refractivity contribution in [3.8, 4) is 18.1 Å². The number of benzene rings is 2. The smallest absolute Gasteiger partial charge is 0.338 e. The summed E-state index contributed by atoms with van der Waals surface area (Å²) >= 11 is 5.71. The molecule has 35 heavy (non-hydrogen) atoms. The van der Waals surface area contributed by atoms with Crippen LogP contribution >= 0.6 is 56.5 Å². The van der Waals surface area contributed by atoms with Crippen molar-refractivity contribution in [2.45, 2.75) is 19.4 Å². The summed E-state index contributed by atoms with van der Waals surface area (Å²) in [5.41, 5.74) is 2.31. The molecule has 0 radical (unpaired) electrons. The number of esters is 1. The molecule has 1 aliphatic heterocycles. The van der Waals surface area contributed by atoms with Crippen molar-refractivity contribution in [3.05, 3.63) is 91.7 Å². The SMILES string of the molecule is C#CCOc1c(I)cc(I)cc1/C=c1/sc2n(c1=O)[C@H](c1ccccc1)C(C(=O)OC)=C(CC)N=2. The zero-order valence-electron chi connectivity index (χ0n) is 18.9. The third-order valence-corrected chi connectivity index (χ3v) is 7.80. The first-order valence-corrected chi connectivity index (χ1v) is 13.6. The van der Waals surface area contributed by atoms with Crippen molar-refractivity contribution in [2.75, 3.05) is 13.7 Å². The van der Waals surface area contributed by atoms with Crippen LogP contribution < -0.4 is 19.6 Å². The van der Waals surface area contributed by atoms with Gasteiger partial charge in [-0.3, -0.25) is 9.36 Å². The third-order valence-electron chi connectivity index (χ3n) is 5.39. The minimum atomic E-state index is -0.634. The van der Waals surface area contributed by atoms with Crippen LogP contribution in [-0.4, -0.2) is 24.3 Å². The van der Waals surface area contributed by atoms with Gasteiger partial charge >= 0.3 is 5.97 Å². The van der Waals surface area contributed by atoms with Crippen LogP contribution in [0, 0.1) is 19.5 Å². The molecule has 9 heteroatoms. The number of aromatic nitrogens is 1. The number of ether oxygens (including phenoxy) is 2. The van der Waals surface area contributed by atoms with Gasteiger partial charge in [0.15, 0.2) is 4.80 Å². The molecule has 2 aromatic carbocycles. The highest BCUT2D eigenvalue weighted by molar-refractivity contribution is 14.1. The van der Waals surface area contributed by atoms with Gasteiger partial charge < -0.3 is 9.47 Å². The Morgan fingerprint density at radius 1 is 1.29 bits per heavy atom. The van der Waals surface area contributed by atoms with E-state index in [0.717, 1.165) is 18.3 Å². The summed E-state index contributed by atoms with van der Waals surface area (Å²) in [5.74, 6) is 2.62. The predicted octanol–water partition coefficient (Wildman–Crippen LogP) is 4.02. The van der Waals surface area contributed by atoms with Gasteiger partial charge in [-0.15, -0.1) is 6.42 Å². The highest BCUT2D eigenvalue weighted by atomic mass is 127. The molecule has 6 nitrogen and oxygen atoms in total. The molecule has 0 saturated carbocycles. The topological polar surface area (TPSA) is 69.9 Å². The molecular formula is C26H20I2N2O4S. The van der Waals surface area contributed by atoms with Crippen molar-refractivity contribution in [3.63, 3.8) is 0 Å². The second-order valence-electron chi connectivity index (χ2n) is 7.50. The quantitative estimate of drug-likeness (QED) is 0.221. The van der Waals surface area contributed by atoms with E-state index in [1.54, 1.807) is 10.6 Å². The molecule has 0 unspecified atom stereocenters. The number of carbonyl (C=O) groups excluding carboxylic acids is 1. The van der Waals surface area contributed by atoms with Crippen molar-refractivity contribution in [1.29, 1.82) is 0 Å². The van der Waals surface area contributed by atoms with Crippen LogP contribution in [-0.2, 0) is 9.53 Å². The molecule has 1 atom stereocenters. The van der Waals surface area contributed by atoms with Crippen LogP contribution in [0.3, 0.4) is 0 Å². The number of halogens is 2. The number of rotatable bonds is 6. The van der Waals surface area contributed by atoms with E-state index in [-0.39, 0.29) is 12.2 Å². The van der Waals surface area contributed by atoms with Crippen molar-refractivity contribution < 1.29 is 14.3 Å². The van der Waals surface area contributed by atoms with Gasteiger partial charge in [-0.1, -0.05) is 54.5 Å². The fourth-order valence-electron chi connectivity index (χ4n) is 3.91. The first-order chi connectivity index (χ1) is 16.9. The Labute approximate surface area is 233 Å².